The number of carbonyl (C=O) groups excluding carboxylic acids is 1. The SMILES string of the molecule is CS(=O)(=O)c1cccc(C(=O)NCCCn2nc3ccccn3c2=O)c1. The molecule has 0 spiro atoms. The van der Waals surface area contributed by atoms with E-state index in [2.05, 4.69) is 10.4 Å². The van der Waals surface area contributed by atoms with Crippen LogP contribution in [0.25, 0.3) is 5.65 Å². The fourth-order valence-corrected chi connectivity index (χ4v) is 3.18. The van der Waals surface area contributed by atoms with Crippen molar-refractivity contribution in [2.24, 2.45) is 0 Å². The first-order valence-corrected chi connectivity index (χ1v) is 9.88. The van der Waals surface area contributed by atoms with E-state index < -0.39 is 9.84 Å². The molecule has 3 rings (SSSR count). The summed E-state index contributed by atoms with van der Waals surface area (Å²) >= 11 is 0. The molecule has 0 bridgehead atoms. The molecule has 1 N–H and O–H groups in total. The Bertz CT molecular complexity index is 1110. The second-order valence-electron chi connectivity index (χ2n) is 5.84. The third-order valence-electron chi connectivity index (χ3n) is 3.85. The summed E-state index contributed by atoms with van der Waals surface area (Å²) < 4.78 is 25.9. The van der Waals surface area contributed by atoms with E-state index in [1.165, 1.54) is 27.3 Å². The van der Waals surface area contributed by atoms with Crippen molar-refractivity contribution in [3.8, 4) is 0 Å². The maximum Gasteiger partial charge on any atom is 0.350 e. The largest absolute Gasteiger partial charge is 0.352 e. The average Bonchev–Trinajstić information content (AvgIpc) is 2.94. The first kappa shape index (κ1) is 17.9. The number of nitrogens with zero attached hydrogens (tertiary/aromatic N) is 3. The van der Waals surface area contributed by atoms with Crippen LogP contribution in [0.5, 0.6) is 0 Å². The van der Waals surface area contributed by atoms with Gasteiger partial charge >= 0.3 is 5.69 Å². The quantitative estimate of drug-likeness (QED) is 0.641. The van der Waals surface area contributed by atoms with E-state index in [0.29, 0.717) is 25.2 Å². The molecule has 9 heteroatoms. The number of amides is 1. The maximum atomic E-state index is 12.1. The highest BCUT2D eigenvalue weighted by molar-refractivity contribution is 7.90. The molecule has 2 heterocycles. The molecular formula is C17H18N4O4S. The zero-order valence-corrected chi connectivity index (χ0v) is 14.9. The summed E-state index contributed by atoms with van der Waals surface area (Å²) in [6.07, 6.45) is 3.26. The monoisotopic (exact) mass is 374 g/mol. The van der Waals surface area contributed by atoms with Crippen molar-refractivity contribution in [3.05, 3.63) is 64.7 Å². The predicted molar refractivity (Wildman–Crippen MR) is 96.0 cm³/mol. The van der Waals surface area contributed by atoms with Gasteiger partial charge in [-0.3, -0.25) is 9.20 Å². The van der Waals surface area contributed by atoms with E-state index in [1.54, 1.807) is 30.5 Å². The predicted octanol–water partition coefficient (Wildman–Crippen LogP) is 0.720. The zero-order chi connectivity index (χ0) is 18.7. The van der Waals surface area contributed by atoms with Crippen LogP contribution in [0.2, 0.25) is 0 Å². The smallest absolute Gasteiger partial charge is 0.350 e. The Hall–Kier alpha value is -2.94. The highest BCUT2D eigenvalue weighted by Crippen LogP contribution is 2.11. The maximum absolute atomic E-state index is 12.1. The van der Waals surface area contributed by atoms with Gasteiger partial charge in [0.05, 0.1) is 4.90 Å². The molecule has 0 atom stereocenters. The number of benzene rings is 1. The molecule has 0 saturated heterocycles. The molecule has 0 saturated carbocycles. The molecule has 0 aliphatic heterocycles. The molecular weight excluding hydrogens is 356 g/mol. The van der Waals surface area contributed by atoms with E-state index in [9.17, 15) is 18.0 Å². The Labute approximate surface area is 150 Å². The lowest BCUT2D eigenvalue weighted by atomic mass is 10.2. The van der Waals surface area contributed by atoms with E-state index in [4.69, 9.17) is 0 Å². The van der Waals surface area contributed by atoms with Crippen LogP contribution in [0.1, 0.15) is 16.8 Å². The van der Waals surface area contributed by atoms with Gasteiger partial charge in [0.1, 0.15) is 0 Å². The summed E-state index contributed by atoms with van der Waals surface area (Å²) in [5.74, 6) is -0.363. The number of carbonyl (C=O) groups is 1. The second-order valence-corrected chi connectivity index (χ2v) is 7.86. The van der Waals surface area contributed by atoms with Crippen molar-refractivity contribution in [3.63, 3.8) is 0 Å². The van der Waals surface area contributed by atoms with Crippen molar-refractivity contribution in [1.82, 2.24) is 19.5 Å². The van der Waals surface area contributed by atoms with Crippen molar-refractivity contribution >= 4 is 21.4 Å². The fraction of sp³-hybridized carbons (Fsp3) is 0.235. The number of hydrogen-bond donors (Lipinski definition) is 1. The topological polar surface area (TPSA) is 103 Å². The first-order chi connectivity index (χ1) is 12.4. The van der Waals surface area contributed by atoms with Crippen LogP contribution in [0, 0.1) is 0 Å². The number of fused-ring (bicyclic) bond motifs is 1. The van der Waals surface area contributed by atoms with Crippen molar-refractivity contribution in [2.45, 2.75) is 17.9 Å². The number of nitrogens with one attached hydrogen (secondary N) is 1. The lowest BCUT2D eigenvalue weighted by molar-refractivity contribution is 0.0952. The van der Waals surface area contributed by atoms with Gasteiger partial charge in [0.2, 0.25) is 0 Å². The molecule has 0 fully saturated rings. The van der Waals surface area contributed by atoms with Gasteiger partial charge in [-0.2, -0.15) is 0 Å². The van der Waals surface area contributed by atoms with Crippen LogP contribution in [0.3, 0.4) is 0 Å². The van der Waals surface area contributed by atoms with Gasteiger partial charge in [-0.05, 0) is 36.8 Å². The number of sulfone groups is 1. The number of rotatable bonds is 6. The Morgan fingerprint density at radius 2 is 2.00 bits per heavy atom. The Morgan fingerprint density at radius 1 is 1.19 bits per heavy atom. The molecule has 1 amide bonds. The van der Waals surface area contributed by atoms with Gasteiger partial charge in [-0.1, -0.05) is 12.1 Å². The lowest BCUT2D eigenvalue weighted by Crippen LogP contribution is -2.27. The van der Waals surface area contributed by atoms with Crippen molar-refractivity contribution in [2.75, 3.05) is 12.8 Å². The summed E-state index contributed by atoms with van der Waals surface area (Å²) in [5, 5.41) is 6.93. The molecule has 0 aliphatic carbocycles. The van der Waals surface area contributed by atoms with Crippen LogP contribution >= 0.6 is 0 Å². The minimum absolute atomic E-state index is 0.0985. The van der Waals surface area contributed by atoms with Gasteiger partial charge in [0, 0.05) is 31.1 Å². The molecule has 136 valence electrons. The van der Waals surface area contributed by atoms with E-state index in [0.717, 1.165) is 6.26 Å². The Balaban J connectivity index is 1.59. The number of pyridine rings is 1. The fourth-order valence-electron chi connectivity index (χ4n) is 2.51. The molecule has 8 nitrogen and oxygen atoms in total. The highest BCUT2D eigenvalue weighted by Gasteiger charge is 2.11. The molecule has 3 aromatic rings. The van der Waals surface area contributed by atoms with Crippen molar-refractivity contribution < 1.29 is 13.2 Å². The highest BCUT2D eigenvalue weighted by atomic mass is 32.2. The van der Waals surface area contributed by atoms with Gasteiger partial charge < -0.3 is 5.32 Å². The summed E-state index contributed by atoms with van der Waals surface area (Å²) in [6, 6.07) is 11.2. The molecule has 0 aliphatic rings. The number of aryl methyl sites for hydroxylation is 1. The van der Waals surface area contributed by atoms with E-state index in [1.807, 2.05) is 0 Å². The van der Waals surface area contributed by atoms with Crippen LogP contribution < -0.4 is 11.0 Å². The van der Waals surface area contributed by atoms with E-state index in [-0.39, 0.29) is 22.1 Å². The third kappa shape index (κ3) is 3.83. The standard InChI is InChI=1S/C17H18N4O4S/c1-26(24,25)14-7-4-6-13(12-14)16(22)18-9-5-11-21-17(23)20-10-3-2-8-15(20)19-21/h2-4,6-8,10,12H,5,9,11H2,1H3,(H,18,22). The van der Waals surface area contributed by atoms with Crippen LogP contribution in [0.4, 0.5) is 0 Å². The average molecular weight is 374 g/mol. The number of hydrogen-bond acceptors (Lipinski definition) is 5. The summed E-state index contributed by atoms with van der Waals surface area (Å²) in [6.45, 7) is 0.701. The minimum Gasteiger partial charge on any atom is -0.352 e. The Morgan fingerprint density at radius 3 is 2.73 bits per heavy atom. The van der Waals surface area contributed by atoms with Gasteiger partial charge in [-0.15, -0.1) is 5.10 Å². The molecule has 0 radical (unpaired) electrons. The summed E-state index contributed by atoms with van der Waals surface area (Å²) in [5.41, 5.74) is 0.615. The third-order valence-corrected chi connectivity index (χ3v) is 4.96. The lowest BCUT2D eigenvalue weighted by Gasteiger charge is -2.06. The molecule has 26 heavy (non-hydrogen) atoms. The van der Waals surface area contributed by atoms with Crippen LogP contribution in [-0.2, 0) is 16.4 Å². The second kappa shape index (κ2) is 7.12. The van der Waals surface area contributed by atoms with Crippen LogP contribution in [-0.4, -0.2) is 41.3 Å². The van der Waals surface area contributed by atoms with Gasteiger partial charge in [-0.25, -0.2) is 17.9 Å². The van der Waals surface area contributed by atoms with Crippen LogP contribution in [0.15, 0.2) is 58.4 Å². The van der Waals surface area contributed by atoms with Crippen molar-refractivity contribution in [1.29, 1.82) is 0 Å². The summed E-state index contributed by atoms with van der Waals surface area (Å²) in [7, 11) is -3.37. The summed E-state index contributed by atoms with van der Waals surface area (Å²) in [4.78, 5) is 24.4. The zero-order valence-electron chi connectivity index (χ0n) is 14.1. The van der Waals surface area contributed by atoms with Gasteiger partial charge in [0.15, 0.2) is 15.5 Å². The molecule has 1 aromatic carbocycles. The Kier molecular flexibility index (Phi) is 4.90. The van der Waals surface area contributed by atoms with E-state index >= 15 is 0 Å². The first-order valence-electron chi connectivity index (χ1n) is 7.99. The molecule has 0 unspecified atom stereocenters. The molecule has 2 aromatic heterocycles. The van der Waals surface area contributed by atoms with Gasteiger partial charge in [0.25, 0.3) is 5.91 Å². The number of aromatic nitrogens is 3. The minimum atomic E-state index is -3.37. The normalized spacial score (nSPS) is 11.6.